The van der Waals surface area contributed by atoms with Crippen LogP contribution < -0.4 is 10.2 Å². The number of benzene rings is 1. The Morgan fingerprint density at radius 2 is 1.50 bits per heavy atom. The van der Waals surface area contributed by atoms with Gasteiger partial charge in [-0.05, 0) is 11.5 Å². The van der Waals surface area contributed by atoms with E-state index >= 15 is 0 Å². The van der Waals surface area contributed by atoms with Crippen molar-refractivity contribution < 1.29 is 4.74 Å². The van der Waals surface area contributed by atoms with Crippen molar-refractivity contribution in [1.82, 2.24) is 0 Å². The molecule has 2 nitrogen and oxygen atoms in total. The predicted octanol–water partition coefficient (Wildman–Crippen LogP) is 4.02. The van der Waals surface area contributed by atoms with Crippen LogP contribution in [0.3, 0.4) is 0 Å². The number of hydrogen-bond acceptors (Lipinski definition) is 2. The van der Waals surface area contributed by atoms with Crippen LogP contribution in [0.15, 0.2) is 53.3 Å². The first-order valence-electron chi connectivity index (χ1n) is 6.72. The molecule has 0 saturated heterocycles. The van der Waals surface area contributed by atoms with Gasteiger partial charge in [0.2, 0.25) is 0 Å². The number of hydrogen-bond donors (Lipinski definition) is 0. The molecule has 0 atom stereocenters. The van der Waals surface area contributed by atoms with Gasteiger partial charge < -0.3 is 4.74 Å². The average molecular weight is 268 g/mol. The Labute approximate surface area is 120 Å². The fourth-order valence-corrected chi connectivity index (χ4v) is 2.31. The lowest BCUT2D eigenvalue weighted by molar-refractivity contribution is 0.399. The van der Waals surface area contributed by atoms with Crippen molar-refractivity contribution in [2.75, 3.05) is 7.11 Å². The molecule has 0 aliphatic rings. The molecule has 0 radical (unpaired) electrons. The summed E-state index contributed by atoms with van der Waals surface area (Å²) >= 11 is 0. The van der Waals surface area contributed by atoms with Gasteiger partial charge in [0.1, 0.15) is 5.75 Å². The van der Waals surface area contributed by atoms with E-state index in [1.165, 1.54) is 0 Å². The summed E-state index contributed by atoms with van der Waals surface area (Å²) in [7, 11) is 1.65. The molecule has 0 aromatic heterocycles. The van der Waals surface area contributed by atoms with Gasteiger partial charge in [0, 0.05) is 16.7 Å². The molecule has 0 aliphatic carbocycles. The second kappa shape index (κ2) is 5.49. The Balaban J connectivity index is 2.77. The molecule has 2 heteroatoms. The third kappa shape index (κ3) is 2.74. The second-order valence-electron chi connectivity index (χ2n) is 5.82. The van der Waals surface area contributed by atoms with E-state index in [9.17, 15) is 4.79 Å². The van der Waals surface area contributed by atoms with Gasteiger partial charge in [-0.2, -0.15) is 0 Å². The molecular weight excluding hydrogens is 248 g/mol. The van der Waals surface area contributed by atoms with Crippen molar-refractivity contribution in [2.24, 2.45) is 0 Å². The molecule has 0 N–H and O–H groups in total. The lowest BCUT2D eigenvalue weighted by Crippen LogP contribution is -2.14. The first-order valence-corrected chi connectivity index (χ1v) is 6.72. The highest BCUT2D eigenvalue weighted by molar-refractivity contribution is 5.72. The Morgan fingerprint density at radius 1 is 0.850 bits per heavy atom. The van der Waals surface area contributed by atoms with Crippen molar-refractivity contribution in [3.05, 3.63) is 64.3 Å². The molecule has 104 valence electrons. The van der Waals surface area contributed by atoms with Crippen LogP contribution in [0, 0.1) is 0 Å². The molecule has 0 saturated carbocycles. The summed E-state index contributed by atoms with van der Waals surface area (Å²) in [6.45, 7) is 6.41. The van der Waals surface area contributed by atoms with Crippen LogP contribution in [0.2, 0.25) is 0 Å². The zero-order valence-corrected chi connectivity index (χ0v) is 12.4. The van der Waals surface area contributed by atoms with Crippen LogP contribution in [-0.2, 0) is 5.41 Å². The number of ether oxygens (including phenoxy) is 1. The van der Waals surface area contributed by atoms with Gasteiger partial charge in [0.25, 0.3) is 0 Å². The van der Waals surface area contributed by atoms with Gasteiger partial charge in [-0.3, -0.25) is 4.79 Å². The first kappa shape index (κ1) is 14.3. The van der Waals surface area contributed by atoms with E-state index in [1.807, 2.05) is 30.3 Å². The van der Waals surface area contributed by atoms with Gasteiger partial charge in [0.05, 0.1) is 7.11 Å². The van der Waals surface area contributed by atoms with E-state index < -0.39 is 0 Å². The van der Waals surface area contributed by atoms with Crippen molar-refractivity contribution in [3.8, 4) is 16.9 Å². The summed E-state index contributed by atoms with van der Waals surface area (Å²) in [6.07, 6.45) is 0. The van der Waals surface area contributed by atoms with Crippen LogP contribution >= 0.6 is 0 Å². The highest BCUT2D eigenvalue weighted by Gasteiger charge is 2.21. The third-order valence-corrected chi connectivity index (χ3v) is 3.32. The Hall–Kier alpha value is -2.09. The predicted molar refractivity (Wildman–Crippen MR) is 83.4 cm³/mol. The topological polar surface area (TPSA) is 26.3 Å². The van der Waals surface area contributed by atoms with E-state index in [1.54, 1.807) is 19.2 Å². The highest BCUT2D eigenvalue weighted by Crippen LogP contribution is 2.37. The van der Waals surface area contributed by atoms with Crippen LogP contribution in [-0.4, -0.2) is 7.11 Å². The zero-order chi connectivity index (χ0) is 14.8. The minimum absolute atomic E-state index is 0.000593. The van der Waals surface area contributed by atoms with Gasteiger partial charge in [-0.1, -0.05) is 63.2 Å². The first-order chi connectivity index (χ1) is 9.45. The molecule has 2 aromatic rings. The molecule has 0 amide bonds. The molecule has 0 unspecified atom stereocenters. The molecule has 20 heavy (non-hydrogen) atoms. The number of para-hydroxylation sites is 1. The normalized spacial score (nSPS) is 11.2. The molecule has 2 rings (SSSR count). The van der Waals surface area contributed by atoms with Gasteiger partial charge in [0.15, 0.2) is 5.43 Å². The van der Waals surface area contributed by atoms with Gasteiger partial charge >= 0.3 is 0 Å². The zero-order valence-electron chi connectivity index (χ0n) is 12.4. The SMILES string of the molecule is COc1c(-c2cccccc2=O)cccc1C(C)(C)C. The Kier molecular flexibility index (Phi) is 3.93. The van der Waals surface area contributed by atoms with E-state index in [0.717, 1.165) is 16.9 Å². The van der Waals surface area contributed by atoms with E-state index in [-0.39, 0.29) is 10.8 Å². The molecule has 0 aliphatic heterocycles. The monoisotopic (exact) mass is 268 g/mol. The Bertz CT molecular complexity index is 667. The lowest BCUT2D eigenvalue weighted by atomic mass is 9.84. The molecule has 0 bridgehead atoms. The summed E-state index contributed by atoms with van der Waals surface area (Å²) in [5.74, 6) is 0.781. The molecule has 0 spiro atoms. The van der Waals surface area contributed by atoms with Crippen LogP contribution in [0.1, 0.15) is 26.3 Å². The smallest absolute Gasteiger partial charge is 0.186 e. The fourth-order valence-electron chi connectivity index (χ4n) is 2.31. The van der Waals surface area contributed by atoms with E-state index in [2.05, 4.69) is 26.8 Å². The summed E-state index contributed by atoms with van der Waals surface area (Å²) in [4.78, 5) is 12.2. The van der Waals surface area contributed by atoms with Crippen LogP contribution in [0.4, 0.5) is 0 Å². The maximum atomic E-state index is 12.2. The molecular formula is C18H20O2. The minimum Gasteiger partial charge on any atom is -0.496 e. The van der Waals surface area contributed by atoms with Gasteiger partial charge in [-0.25, -0.2) is 0 Å². The summed E-state index contributed by atoms with van der Waals surface area (Å²) in [6, 6.07) is 14.9. The standard InChI is InChI=1S/C18H20O2/c1-18(2,3)15-11-8-10-14(17(15)20-4)13-9-6-5-7-12-16(13)19/h5-12H,1-4H3. The maximum Gasteiger partial charge on any atom is 0.186 e. The number of rotatable bonds is 2. The lowest BCUT2D eigenvalue weighted by Gasteiger charge is -2.23. The van der Waals surface area contributed by atoms with Crippen LogP contribution in [0.25, 0.3) is 11.1 Å². The summed E-state index contributed by atoms with van der Waals surface area (Å²) in [5.41, 5.74) is 2.57. The van der Waals surface area contributed by atoms with Crippen LogP contribution in [0.5, 0.6) is 5.75 Å². The van der Waals surface area contributed by atoms with Crippen molar-refractivity contribution in [3.63, 3.8) is 0 Å². The number of methoxy groups -OCH3 is 1. The molecule has 0 heterocycles. The van der Waals surface area contributed by atoms with Crippen molar-refractivity contribution in [2.45, 2.75) is 26.2 Å². The minimum atomic E-state index is -0.0403. The van der Waals surface area contributed by atoms with E-state index in [0.29, 0.717) is 5.56 Å². The summed E-state index contributed by atoms with van der Waals surface area (Å²) in [5, 5.41) is 0. The maximum absolute atomic E-state index is 12.2. The van der Waals surface area contributed by atoms with Crippen molar-refractivity contribution in [1.29, 1.82) is 0 Å². The van der Waals surface area contributed by atoms with E-state index in [4.69, 9.17) is 4.74 Å². The molecule has 0 fully saturated rings. The highest BCUT2D eigenvalue weighted by atomic mass is 16.5. The third-order valence-electron chi connectivity index (χ3n) is 3.32. The van der Waals surface area contributed by atoms with Crippen molar-refractivity contribution >= 4 is 0 Å². The fraction of sp³-hybridized carbons (Fsp3) is 0.278. The second-order valence-corrected chi connectivity index (χ2v) is 5.82. The largest absolute Gasteiger partial charge is 0.496 e. The summed E-state index contributed by atoms with van der Waals surface area (Å²) < 4.78 is 5.60. The van der Waals surface area contributed by atoms with Gasteiger partial charge in [-0.15, -0.1) is 0 Å². The Morgan fingerprint density at radius 3 is 2.15 bits per heavy atom. The average Bonchev–Trinajstić information content (AvgIpc) is 2.61. The molecule has 2 aromatic carbocycles. The quantitative estimate of drug-likeness (QED) is 0.822.